The number of nitrogens with zero attached hydrogens (tertiary/aromatic N) is 2. The average molecular weight is 552 g/mol. The number of hydrogen-bond donors (Lipinski definition) is 3. The van der Waals surface area contributed by atoms with Crippen molar-refractivity contribution in [2.24, 2.45) is 10.7 Å². The molecule has 1 aromatic heterocycles. The second-order valence-electron chi connectivity index (χ2n) is 8.74. The summed E-state index contributed by atoms with van der Waals surface area (Å²) < 4.78 is 55.5. The van der Waals surface area contributed by atoms with Crippen molar-refractivity contribution in [2.45, 2.75) is 12.6 Å². The van der Waals surface area contributed by atoms with Crippen molar-refractivity contribution in [2.75, 3.05) is 19.0 Å². The number of methoxy groups -OCH3 is 1. The number of rotatable bonds is 8. The Balaban J connectivity index is 1.39. The van der Waals surface area contributed by atoms with Crippen LogP contribution in [0, 0.1) is 5.82 Å². The summed E-state index contributed by atoms with van der Waals surface area (Å²) in [5, 5.41) is 4.64. The van der Waals surface area contributed by atoms with Crippen molar-refractivity contribution in [1.82, 2.24) is 10.3 Å². The minimum Gasteiger partial charge on any atom is -0.495 e. The van der Waals surface area contributed by atoms with E-state index in [4.69, 9.17) is 10.5 Å². The van der Waals surface area contributed by atoms with Crippen molar-refractivity contribution < 1.29 is 27.1 Å². The van der Waals surface area contributed by atoms with Crippen molar-refractivity contribution in [1.29, 1.82) is 0 Å². The predicted octanol–water partition coefficient (Wildman–Crippen LogP) is 5.84. The number of pyridine rings is 1. The highest BCUT2D eigenvalue weighted by Gasteiger charge is 2.28. The molecule has 0 atom stereocenters. The van der Waals surface area contributed by atoms with E-state index in [1.165, 1.54) is 37.4 Å². The van der Waals surface area contributed by atoms with Gasteiger partial charge in [-0.25, -0.2) is 9.37 Å². The number of amides is 1. The number of carbonyl (C=O) groups is 1. The third-order valence-corrected chi connectivity index (χ3v) is 5.77. The number of aliphatic imine (C=N–C) groups is 1. The number of nitrogens with two attached hydrogens (primary N) is 1. The molecule has 4 aromatic rings. The van der Waals surface area contributed by atoms with Crippen LogP contribution < -0.4 is 21.1 Å². The number of hydrogen-bond acceptors (Lipinski definition) is 4. The van der Waals surface area contributed by atoms with Crippen LogP contribution in [0.15, 0.2) is 90.1 Å². The smallest absolute Gasteiger partial charge is 0.405 e. The molecule has 0 saturated heterocycles. The normalized spacial score (nSPS) is 11.7. The van der Waals surface area contributed by atoms with E-state index in [9.17, 15) is 22.4 Å². The molecule has 11 heteroatoms. The lowest BCUT2D eigenvalue weighted by molar-refractivity contribution is -0.123. The molecule has 4 rings (SSSR count). The number of ether oxygens (including phenoxy) is 1. The van der Waals surface area contributed by atoms with Crippen LogP contribution in [0.2, 0.25) is 0 Å². The molecule has 0 aliphatic carbocycles. The third-order valence-electron chi connectivity index (χ3n) is 5.77. The first-order valence-electron chi connectivity index (χ1n) is 12.0. The number of aromatic nitrogens is 1. The van der Waals surface area contributed by atoms with Gasteiger partial charge in [-0.3, -0.25) is 4.79 Å². The van der Waals surface area contributed by atoms with Crippen LogP contribution in [0.25, 0.3) is 11.1 Å². The van der Waals surface area contributed by atoms with Gasteiger partial charge in [0.25, 0.3) is 5.91 Å². The summed E-state index contributed by atoms with van der Waals surface area (Å²) in [6.07, 6.45) is -2.16. The number of guanidine groups is 1. The molecule has 0 bridgehead atoms. The van der Waals surface area contributed by atoms with E-state index in [0.29, 0.717) is 17.9 Å². The average Bonchev–Trinajstić information content (AvgIpc) is 2.93. The number of carbonyl (C=O) groups excluding carboxylic acids is 1. The first-order chi connectivity index (χ1) is 19.1. The van der Waals surface area contributed by atoms with Crippen molar-refractivity contribution in [3.8, 4) is 16.9 Å². The summed E-state index contributed by atoms with van der Waals surface area (Å²) in [6.45, 7) is -1.44. The van der Waals surface area contributed by atoms with Crippen LogP contribution >= 0.6 is 0 Å². The van der Waals surface area contributed by atoms with Crippen LogP contribution in [0.3, 0.4) is 0 Å². The second-order valence-corrected chi connectivity index (χ2v) is 8.74. The van der Waals surface area contributed by atoms with E-state index < -0.39 is 18.6 Å². The fourth-order valence-corrected chi connectivity index (χ4v) is 3.78. The van der Waals surface area contributed by atoms with Gasteiger partial charge in [0, 0.05) is 17.3 Å². The maximum atomic E-state index is 13.1. The summed E-state index contributed by atoms with van der Waals surface area (Å²) in [4.78, 5) is 20.6. The Morgan fingerprint density at radius 3 is 2.20 bits per heavy atom. The fourth-order valence-electron chi connectivity index (χ4n) is 3.78. The van der Waals surface area contributed by atoms with Gasteiger partial charge in [-0.05, 0) is 65.6 Å². The second kappa shape index (κ2) is 12.3. The van der Waals surface area contributed by atoms with Gasteiger partial charge in [0.15, 0.2) is 11.8 Å². The lowest BCUT2D eigenvalue weighted by Crippen LogP contribution is -2.33. The lowest BCUT2D eigenvalue weighted by atomic mass is 10.0. The number of nitrogens with one attached hydrogen (secondary N) is 2. The quantitative estimate of drug-likeness (QED) is 0.145. The standard InChI is InChI=1S/C29H25F4N5O2/c1-40-25-15-21(27(39)36-17-29(31,32)33)8-12-24(25)37-28(34)38-26-13-9-22(16-35-26)20-6-2-18(3-7-20)14-19-4-10-23(30)11-5-19/h2-13,15-16H,14,17H2,1H3,(H,36,39)(H3,34,35,37,38). The Kier molecular flexibility index (Phi) is 8.63. The zero-order chi connectivity index (χ0) is 28.7. The monoisotopic (exact) mass is 551 g/mol. The van der Waals surface area contributed by atoms with Gasteiger partial charge in [-0.15, -0.1) is 0 Å². The molecule has 7 nitrogen and oxygen atoms in total. The predicted molar refractivity (Wildman–Crippen MR) is 145 cm³/mol. The number of halogens is 4. The van der Waals surface area contributed by atoms with Crippen LogP contribution in [-0.2, 0) is 6.42 Å². The Hall–Kier alpha value is -4.93. The van der Waals surface area contributed by atoms with Crippen LogP contribution in [0.1, 0.15) is 21.5 Å². The molecule has 40 heavy (non-hydrogen) atoms. The van der Waals surface area contributed by atoms with Crippen molar-refractivity contribution >= 4 is 23.4 Å². The zero-order valence-corrected chi connectivity index (χ0v) is 21.3. The van der Waals surface area contributed by atoms with Gasteiger partial charge >= 0.3 is 6.18 Å². The SMILES string of the molecule is COc1cc(C(=O)NCC(F)(F)F)ccc1NC(N)=Nc1ccc(-c2ccc(Cc3ccc(F)cc3)cc2)cn1. The molecule has 3 aromatic carbocycles. The van der Waals surface area contributed by atoms with Crippen LogP contribution in [0.4, 0.5) is 29.1 Å². The Bertz CT molecular complexity index is 1490. The molecule has 0 unspecified atom stereocenters. The molecule has 0 saturated carbocycles. The van der Waals surface area contributed by atoms with Gasteiger partial charge in [0.1, 0.15) is 18.1 Å². The third kappa shape index (κ3) is 7.79. The number of alkyl halides is 3. The van der Waals surface area contributed by atoms with E-state index in [-0.39, 0.29) is 23.1 Å². The highest BCUT2D eigenvalue weighted by molar-refractivity contribution is 5.98. The molecule has 0 spiro atoms. The van der Waals surface area contributed by atoms with Crippen LogP contribution in [0.5, 0.6) is 5.75 Å². The molecule has 206 valence electrons. The van der Waals surface area contributed by atoms with E-state index in [1.807, 2.05) is 30.3 Å². The largest absolute Gasteiger partial charge is 0.495 e. The van der Waals surface area contributed by atoms with Gasteiger partial charge in [0.05, 0.1) is 12.8 Å². The summed E-state index contributed by atoms with van der Waals surface area (Å²) in [5.74, 6) is -0.650. The zero-order valence-electron chi connectivity index (χ0n) is 21.3. The number of anilines is 1. The molecule has 4 N–H and O–H groups in total. The molecular formula is C29H25F4N5O2. The number of benzene rings is 3. The minimum absolute atomic E-state index is 0.0112. The van der Waals surface area contributed by atoms with Gasteiger partial charge in [-0.1, -0.05) is 36.4 Å². The highest BCUT2D eigenvalue weighted by atomic mass is 19.4. The first-order valence-corrected chi connectivity index (χ1v) is 12.0. The molecule has 1 heterocycles. The maximum absolute atomic E-state index is 13.1. The van der Waals surface area contributed by atoms with E-state index >= 15 is 0 Å². The highest BCUT2D eigenvalue weighted by Crippen LogP contribution is 2.26. The lowest BCUT2D eigenvalue weighted by Gasteiger charge is -2.13. The summed E-state index contributed by atoms with van der Waals surface area (Å²) >= 11 is 0. The summed E-state index contributed by atoms with van der Waals surface area (Å²) in [7, 11) is 1.35. The molecule has 1 amide bonds. The fraction of sp³-hybridized carbons (Fsp3) is 0.138. The van der Waals surface area contributed by atoms with Crippen LogP contribution in [-0.4, -0.2) is 36.7 Å². The molecular weight excluding hydrogens is 526 g/mol. The summed E-state index contributed by atoms with van der Waals surface area (Å²) in [6, 6.07) is 22.0. The topological polar surface area (TPSA) is 102 Å². The van der Waals surface area contributed by atoms with E-state index in [0.717, 1.165) is 22.3 Å². The van der Waals surface area contributed by atoms with E-state index in [1.54, 1.807) is 29.7 Å². The van der Waals surface area contributed by atoms with Gasteiger partial charge in [-0.2, -0.15) is 18.2 Å². The van der Waals surface area contributed by atoms with E-state index in [2.05, 4.69) is 15.3 Å². The Labute approximate surface area is 227 Å². The molecule has 0 fully saturated rings. The maximum Gasteiger partial charge on any atom is 0.405 e. The van der Waals surface area contributed by atoms with Gasteiger partial charge < -0.3 is 21.1 Å². The van der Waals surface area contributed by atoms with Gasteiger partial charge in [0.2, 0.25) is 0 Å². The molecule has 0 radical (unpaired) electrons. The Morgan fingerprint density at radius 1 is 0.950 bits per heavy atom. The molecule has 0 aliphatic heterocycles. The van der Waals surface area contributed by atoms with Crippen molar-refractivity contribution in [3.63, 3.8) is 0 Å². The Morgan fingerprint density at radius 2 is 1.60 bits per heavy atom. The minimum atomic E-state index is -4.52. The molecule has 0 aliphatic rings. The van der Waals surface area contributed by atoms with Crippen molar-refractivity contribution in [3.05, 3.63) is 108 Å². The first kappa shape index (κ1) is 28.1. The summed E-state index contributed by atoms with van der Waals surface area (Å²) in [5.41, 5.74) is 10.3.